The molecule has 0 N–H and O–H groups in total. The lowest BCUT2D eigenvalue weighted by Crippen LogP contribution is -2.36. The second kappa shape index (κ2) is 12.3. The van der Waals surface area contributed by atoms with Crippen LogP contribution in [0.15, 0.2) is 18.2 Å². The van der Waals surface area contributed by atoms with Crippen molar-refractivity contribution in [2.24, 2.45) is 0 Å². The van der Waals surface area contributed by atoms with Crippen LogP contribution in [0.1, 0.15) is 25.5 Å². The van der Waals surface area contributed by atoms with Crippen molar-refractivity contribution in [3.05, 3.63) is 34.9 Å². The van der Waals surface area contributed by atoms with Gasteiger partial charge in [-0.3, -0.25) is 9.59 Å². The molecule has 1 aromatic carbocycles. The number of alkyl halides is 6. The van der Waals surface area contributed by atoms with Gasteiger partial charge in [0.2, 0.25) is 7.59 Å². The third kappa shape index (κ3) is 8.29. The Morgan fingerprint density at radius 3 is 1.71 bits per heavy atom. The van der Waals surface area contributed by atoms with Crippen molar-refractivity contribution in [3.63, 3.8) is 0 Å². The van der Waals surface area contributed by atoms with E-state index in [4.69, 9.17) is 90.7 Å². The molecule has 0 atom stereocenters. The van der Waals surface area contributed by atoms with E-state index in [1.807, 2.05) is 0 Å². The van der Waals surface area contributed by atoms with Crippen molar-refractivity contribution in [1.29, 1.82) is 0 Å². The average molecular weight is 614 g/mol. The van der Waals surface area contributed by atoms with Crippen LogP contribution in [0.3, 0.4) is 0 Å². The lowest BCUT2D eigenvalue weighted by atomic mass is 10.1. The van der Waals surface area contributed by atoms with E-state index in [0.717, 1.165) is 0 Å². The van der Waals surface area contributed by atoms with Crippen molar-refractivity contribution in [2.75, 3.05) is 31.2 Å². The average Bonchev–Trinajstić information content (AvgIpc) is 2.72. The summed E-state index contributed by atoms with van der Waals surface area (Å²) in [5.41, 5.74) is 0.707. The minimum absolute atomic E-state index is 0.00781. The van der Waals surface area contributed by atoms with Crippen LogP contribution in [0.4, 0.5) is 5.69 Å². The fourth-order valence-corrected chi connectivity index (χ4v) is 3.42. The van der Waals surface area contributed by atoms with Crippen molar-refractivity contribution >= 4 is 98.8 Å². The molecule has 0 saturated heterocycles. The topological polar surface area (TPSA) is 94.5 Å². The molecule has 0 aliphatic rings. The van der Waals surface area contributed by atoms with Gasteiger partial charge in [0.15, 0.2) is 17.5 Å². The third-order valence-electron chi connectivity index (χ3n) is 3.94. The summed E-state index contributed by atoms with van der Waals surface area (Å²) in [6.07, 6.45) is 0. The smallest absolute Gasteiger partial charge is 0.325 e. The Morgan fingerprint density at radius 2 is 1.32 bits per heavy atom. The molecule has 0 amide bonds. The molecular formula is C19H17Cl7N4O4. The van der Waals surface area contributed by atoms with Crippen molar-refractivity contribution < 1.29 is 19.1 Å². The Kier molecular flexibility index (Phi) is 10.6. The number of esters is 2. The number of carbonyl (C=O) groups excluding carboxylic acids is 2. The number of hydrogen-bond donors (Lipinski definition) is 0. The van der Waals surface area contributed by atoms with E-state index < -0.39 is 19.5 Å². The van der Waals surface area contributed by atoms with Gasteiger partial charge in [0.25, 0.3) is 0 Å². The summed E-state index contributed by atoms with van der Waals surface area (Å²) in [5, 5.41) is 0.150. The van der Waals surface area contributed by atoms with Gasteiger partial charge in [0, 0.05) is 5.56 Å². The third-order valence-corrected chi connectivity index (χ3v) is 5.26. The molecular weight excluding hydrogens is 596 g/mol. The molecule has 0 bridgehead atoms. The van der Waals surface area contributed by atoms with Crippen molar-refractivity contribution in [1.82, 2.24) is 15.0 Å². The predicted octanol–water partition coefficient (Wildman–Crippen LogP) is 5.78. The summed E-state index contributed by atoms with van der Waals surface area (Å²) in [6.45, 7) is 3.20. The van der Waals surface area contributed by atoms with E-state index in [9.17, 15) is 9.59 Å². The monoisotopic (exact) mass is 610 g/mol. The van der Waals surface area contributed by atoms with Gasteiger partial charge < -0.3 is 14.4 Å². The van der Waals surface area contributed by atoms with E-state index >= 15 is 0 Å². The second-order valence-electron chi connectivity index (χ2n) is 6.43. The highest BCUT2D eigenvalue weighted by Crippen LogP contribution is 2.41. The standard InChI is InChI=1S/C19H17Cl7N4O4/c1-3-33-13(31)8-30(9-14(32)34-4-2)12-6-5-10(7-11(12)20)15-27-16(18(21,22)23)29-17(28-15)19(24,25)26/h5-7H,3-4,8-9H2,1-2H3. The molecule has 0 aliphatic carbocycles. The van der Waals surface area contributed by atoms with E-state index in [1.54, 1.807) is 26.0 Å². The van der Waals surface area contributed by atoms with Crippen molar-refractivity contribution in [2.45, 2.75) is 21.4 Å². The van der Waals surface area contributed by atoms with Crippen LogP contribution in [0.2, 0.25) is 5.02 Å². The summed E-state index contributed by atoms with van der Waals surface area (Å²) in [5.74, 6) is -1.63. The van der Waals surface area contributed by atoms with Gasteiger partial charge >= 0.3 is 11.9 Å². The summed E-state index contributed by atoms with van der Waals surface area (Å²) >= 11 is 42.0. The van der Waals surface area contributed by atoms with Crippen LogP contribution in [-0.4, -0.2) is 53.2 Å². The summed E-state index contributed by atoms with van der Waals surface area (Å²) < 4.78 is 5.91. The molecule has 2 aromatic rings. The number of ether oxygens (including phenoxy) is 2. The molecule has 0 unspecified atom stereocenters. The van der Waals surface area contributed by atoms with Crippen LogP contribution < -0.4 is 4.90 Å². The number of rotatable bonds is 8. The second-order valence-corrected chi connectivity index (χ2v) is 11.4. The fourth-order valence-electron chi connectivity index (χ4n) is 2.61. The molecule has 34 heavy (non-hydrogen) atoms. The maximum atomic E-state index is 12.1. The minimum atomic E-state index is -2.03. The highest BCUT2D eigenvalue weighted by atomic mass is 35.6. The van der Waals surface area contributed by atoms with Crippen molar-refractivity contribution in [3.8, 4) is 11.4 Å². The predicted molar refractivity (Wildman–Crippen MR) is 134 cm³/mol. The molecule has 8 nitrogen and oxygen atoms in total. The van der Waals surface area contributed by atoms with Crippen LogP contribution >= 0.6 is 81.2 Å². The lowest BCUT2D eigenvalue weighted by molar-refractivity contribution is -0.142. The quantitative estimate of drug-likeness (QED) is 0.273. The number of carbonyl (C=O) groups is 2. The lowest BCUT2D eigenvalue weighted by Gasteiger charge is -2.24. The van der Waals surface area contributed by atoms with Crippen LogP contribution in [0.5, 0.6) is 0 Å². The summed E-state index contributed by atoms with van der Waals surface area (Å²) in [7, 11) is 0. The Labute approximate surface area is 230 Å². The number of halogens is 7. The summed E-state index contributed by atoms with van der Waals surface area (Å²) in [4.78, 5) is 37.7. The van der Waals surface area contributed by atoms with Gasteiger partial charge in [0.05, 0.1) is 23.9 Å². The maximum Gasteiger partial charge on any atom is 0.325 e. The number of benzene rings is 1. The Morgan fingerprint density at radius 1 is 0.853 bits per heavy atom. The maximum absolute atomic E-state index is 12.1. The van der Waals surface area contributed by atoms with Crippen LogP contribution in [0, 0.1) is 0 Å². The first kappa shape index (κ1) is 29.2. The highest BCUT2D eigenvalue weighted by Gasteiger charge is 2.34. The van der Waals surface area contributed by atoms with E-state index in [-0.39, 0.29) is 48.8 Å². The van der Waals surface area contributed by atoms with Gasteiger partial charge in [0.1, 0.15) is 13.1 Å². The van der Waals surface area contributed by atoms with Gasteiger partial charge in [-0.2, -0.15) is 0 Å². The van der Waals surface area contributed by atoms with Gasteiger partial charge in [-0.1, -0.05) is 81.2 Å². The molecule has 1 aromatic heterocycles. The SMILES string of the molecule is CCOC(=O)CN(CC(=O)OCC)c1ccc(-c2nc(C(Cl)(Cl)Cl)nc(C(Cl)(Cl)Cl)n2)cc1Cl. The zero-order valence-corrected chi connectivity index (χ0v) is 22.9. The molecule has 186 valence electrons. The van der Waals surface area contributed by atoms with Gasteiger partial charge in [-0.05, 0) is 32.0 Å². The largest absolute Gasteiger partial charge is 0.465 e. The molecule has 0 fully saturated rings. The Bertz CT molecular complexity index is 992. The van der Waals surface area contributed by atoms with Gasteiger partial charge in [-0.25, -0.2) is 15.0 Å². The highest BCUT2D eigenvalue weighted by molar-refractivity contribution is 6.67. The zero-order valence-electron chi connectivity index (χ0n) is 17.6. The first-order valence-corrected chi connectivity index (χ1v) is 12.2. The first-order valence-electron chi connectivity index (χ1n) is 9.52. The van der Waals surface area contributed by atoms with Gasteiger partial charge in [-0.15, -0.1) is 0 Å². The number of anilines is 1. The number of nitrogens with zero attached hydrogens (tertiary/aromatic N) is 4. The first-order chi connectivity index (χ1) is 15.8. The molecule has 0 spiro atoms. The molecule has 0 radical (unpaired) electrons. The Hall–Kier alpha value is -1.000. The van der Waals surface area contributed by atoms with E-state index in [1.165, 1.54) is 11.0 Å². The molecule has 2 rings (SSSR count). The summed E-state index contributed by atoms with van der Waals surface area (Å²) in [6, 6.07) is 4.58. The minimum Gasteiger partial charge on any atom is -0.465 e. The van der Waals surface area contributed by atoms with Crippen LogP contribution in [-0.2, 0) is 26.6 Å². The molecule has 0 aliphatic heterocycles. The van der Waals surface area contributed by atoms with E-state index in [0.29, 0.717) is 11.3 Å². The Balaban J connectivity index is 2.51. The number of hydrogen-bond acceptors (Lipinski definition) is 8. The molecule has 0 saturated carbocycles. The number of aromatic nitrogens is 3. The van der Waals surface area contributed by atoms with Crippen LogP contribution in [0.25, 0.3) is 11.4 Å². The normalized spacial score (nSPS) is 11.8. The fraction of sp³-hybridized carbons (Fsp3) is 0.421. The molecule has 1 heterocycles. The zero-order chi connectivity index (χ0) is 25.7. The van der Waals surface area contributed by atoms with E-state index in [2.05, 4.69) is 15.0 Å². The molecule has 15 heteroatoms.